The first-order valence-corrected chi connectivity index (χ1v) is 7.88. The summed E-state index contributed by atoms with van der Waals surface area (Å²) in [5.41, 5.74) is 0.450. The van der Waals surface area contributed by atoms with E-state index in [-0.39, 0.29) is 12.3 Å². The fourth-order valence-electron chi connectivity index (χ4n) is 3.08. The van der Waals surface area contributed by atoms with E-state index in [0.29, 0.717) is 0 Å². The van der Waals surface area contributed by atoms with E-state index in [1.807, 2.05) is 18.4 Å². The highest BCUT2D eigenvalue weighted by Gasteiger charge is 2.41. The number of carboxylic acid groups (broad SMARTS) is 1. The second kappa shape index (κ2) is 5.95. The van der Waals surface area contributed by atoms with Crippen LogP contribution >= 0.6 is 11.3 Å². The van der Waals surface area contributed by atoms with E-state index in [2.05, 4.69) is 0 Å². The van der Waals surface area contributed by atoms with Gasteiger partial charge in [0.15, 0.2) is 0 Å². The van der Waals surface area contributed by atoms with Gasteiger partial charge in [-0.3, -0.25) is 9.59 Å². The van der Waals surface area contributed by atoms with Crippen molar-refractivity contribution >= 4 is 23.2 Å². The number of hydrogen-bond donors (Lipinski definition) is 1. The van der Waals surface area contributed by atoms with Gasteiger partial charge in [-0.1, -0.05) is 19.3 Å². The van der Waals surface area contributed by atoms with Crippen LogP contribution in [0.25, 0.3) is 0 Å². The molecule has 1 fully saturated rings. The lowest BCUT2D eigenvalue weighted by Gasteiger charge is -2.43. The van der Waals surface area contributed by atoms with Crippen LogP contribution in [0.2, 0.25) is 0 Å². The second-order valence-electron chi connectivity index (χ2n) is 5.65. The van der Waals surface area contributed by atoms with Gasteiger partial charge in [0.25, 0.3) is 5.91 Å². The normalized spacial score (nSPS) is 17.7. The molecule has 0 atom stereocenters. The Morgan fingerprint density at radius 1 is 1.35 bits per heavy atom. The molecule has 110 valence electrons. The molecule has 0 spiro atoms. The summed E-state index contributed by atoms with van der Waals surface area (Å²) < 4.78 is 0. The Morgan fingerprint density at radius 2 is 2.00 bits per heavy atom. The van der Waals surface area contributed by atoms with E-state index >= 15 is 0 Å². The van der Waals surface area contributed by atoms with Crippen LogP contribution in [0.3, 0.4) is 0 Å². The molecule has 0 unspecified atom stereocenters. The molecule has 1 amide bonds. The van der Waals surface area contributed by atoms with Crippen molar-refractivity contribution in [2.75, 3.05) is 7.05 Å². The van der Waals surface area contributed by atoms with Crippen molar-refractivity contribution in [3.8, 4) is 0 Å². The molecule has 1 aliphatic rings. The Labute approximate surface area is 123 Å². The molecule has 1 aromatic heterocycles. The van der Waals surface area contributed by atoms with E-state index in [9.17, 15) is 14.7 Å². The van der Waals surface area contributed by atoms with Crippen molar-refractivity contribution in [1.29, 1.82) is 0 Å². The SMILES string of the molecule is Cc1ccsc1C(=O)N(C)C1(CC(=O)O)CCCCC1. The minimum absolute atomic E-state index is 0.0411. The van der Waals surface area contributed by atoms with Crippen LogP contribution in [0, 0.1) is 6.92 Å². The fourth-order valence-corrected chi connectivity index (χ4v) is 3.98. The minimum atomic E-state index is -0.825. The third-order valence-corrected chi connectivity index (χ3v) is 5.34. The number of amides is 1. The van der Waals surface area contributed by atoms with Crippen molar-refractivity contribution in [3.05, 3.63) is 21.9 Å². The molecule has 0 radical (unpaired) electrons. The summed E-state index contributed by atoms with van der Waals surface area (Å²) in [6.45, 7) is 1.92. The summed E-state index contributed by atoms with van der Waals surface area (Å²) in [5.74, 6) is -0.866. The third-order valence-electron chi connectivity index (χ3n) is 4.34. The number of hydrogen-bond acceptors (Lipinski definition) is 3. The monoisotopic (exact) mass is 295 g/mol. The predicted molar refractivity (Wildman–Crippen MR) is 79.2 cm³/mol. The number of carboxylic acids is 1. The lowest BCUT2D eigenvalue weighted by atomic mass is 9.78. The number of thiophene rings is 1. The Hall–Kier alpha value is -1.36. The summed E-state index contributed by atoms with van der Waals surface area (Å²) >= 11 is 1.43. The molecule has 1 N–H and O–H groups in total. The first-order valence-electron chi connectivity index (χ1n) is 7.00. The Kier molecular flexibility index (Phi) is 4.48. The van der Waals surface area contributed by atoms with E-state index in [4.69, 9.17) is 0 Å². The van der Waals surface area contributed by atoms with Gasteiger partial charge in [-0.2, -0.15) is 0 Å². The van der Waals surface area contributed by atoms with Crippen molar-refractivity contribution in [1.82, 2.24) is 4.90 Å². The maximum atomic E-state index is 12.7. The molecular weight excluding hydrogens is 274 g/mol. The lowest BCUT2D eigenvalue weighted by molar-refractivity contribution is -0.140. The molecule has 1 aromatic rings. The molecule has 1 saturated carbocycles. The van der Waals surface area contributed by atoms with Gasteiger partial charge in [-0.15, -0.1) is 11.3 Å². The van der Waals surface area contributed by atoms with Crippen molar-refractivity contribution in [2.24, 2.45) is 0 Å². The standard InChI is InChI=1S/C15H21NO3S/c1-11-6-9-20-13(11)14(19)16(2)15(10-12(17)18)7-4-3-5-8-15/h6,9H,3-5,7-8,10H2,1-2H3,(H,17,18). The van der Waals surface area contributed by atoms with Crippen LogP contribution in [-0.4, -0.2) is 34.5 Å². The lowest BCUT2D eigenvalue weighted by Crippen LogP contribution is -2.52. The maximum Gasteiger partial charge on any atom is 0.305 e. The molecule has 1 aliphatic carbocycles. The number of aliphatic carboxylic acids is 1. The van der Waals surface area contributed by atoms with Gasteiger partial charge in [0.1, 0.15) is 0 Å². The van der Waals surface area contributed by atoms with Gasteiger partial charge in [0.05, 0.1) is 16.8 Å². The smallest absolute Gasteiger partial charge is 0.305 e. The van der Waals surface area contributed by atoms with E-state index in [1.54, 1.807) is 11.9 Å². The molecule has 0 aliphatic heterocycles. The average Bonchev–Trinajstić information content (AvgIpc) is 2.83. The molecule has 0 bridgehead atoms. The highest BCUT2D eigenvalue weighted by atomic mass is 32.1. The summed E-state index contributed by atoms with van der Waals surface area (Å²) in [6.07, 6.45) is 4.72. The van der Waals surface area contributed by atoms with Crippen LogP contribution in [0.5, 0.6) is 0 Å². The van der Waals surface area contributed by atoms with Gasteiger partial charge in [0.2, 0.25) is 0 Å². The summed E-state index contributed by atoms with van der Waals surface area (Å²) in [7, 11) is 1.76. The van der Waals surface area contributed by atoms with Crippen molar-refractivity contribution in [3.63, 3.8) is 0 Å². The van der Waals surface area contributed by atoms with Crippen LogP contribution in [0.1, 0.15) is 53.8 Å². The topological polar surface area (TPSA) is 57.6 Å². The number of carbonyl (C=O) groups excluding carboxylic acids is 1. The predicted octanol–water partition coefficient (Wildman–Crippen LogP) is 3.31. The molecule has 0 aromatic carbocycles. The Morgan fingerprint density at radius 3 is 2.50 bits per heavy atom. The Bertz CT molecular complexity index is 503. The number of rotatable bonds is 4. The molecule has 2 rings (SSSR count). The van der Waals surface area contributed by atoms with Gasteiger partial charge in [-0.25, -0.2) is 0 Å². The average molecular weight is 295 g/mol. The van der Waals surface area contributed by atoms with E-state index < -0.39 is 11.5 Å². The van der Waals surface area contributed by atoms with Gasteiger partial charge < -0.3 is 10.0 Å². The van der Waals surface area contributed by atoms with Crippen molar-refractivity contribution in [2.45, 2.75) is 51.0 Å². The summed E-state index contributed by atoms with van der Waals surface area (Å²) in [5, 5.41) is 11.1. The van der Waals surface area contributed by atoms with E-state index in [0.717, 1.165) is 42.5 Å². The first-order chi connectivity index (χ1) is 9.46. The van der Waals surface area contributed by atoms with Gasteiger partial charge in [0, 0.05) is 7.05 Å². The minimum Gasteiger partial charge on any atom is -0.481 e. The molecule has 0 saturated heterocycles. The molecule has 5 heteroatoms. The Balaban J connectivity index is 2.26. The van der Waals surface area contributed by atoms with Crippen LogP contribution in [-0.2, 0) is 4.79 Å². The zero-order chi connectivity index (χ0) is 14.8. The second-order valence-corrected chi connectivity index (χ2v) is 6.57. The summed E-state index contributed by atoms with van der Waals surface area (Å²) in [4.78, 5) is 26.3. The van der Waals surface area contributed by atoms with Crippen LogP contribution < -0.4 is 0 Å². The third kappa shape index (κ3) is 2.87. The quantitative estimate of drug-likeness (QED) is 0.927. The molecule has 20 heavy (non-hydrogen) atoms. The number of nitrogens with zero attached hydrogens (tertiary/aromatic N) is 1. The number of aryl methyl sites for hydroxylation is 1. The zero-order valence-corrected chi connectivity index (χ0v) is 12.8. The first kappa shape index (κ1) is 15.0. The van der Waals surface area contributed by atoms with Crippen LogP contribution in [0.15, 0.2) is 11.4 Å². The van der Waals surface area contributed by atoms with E-state index in [1.165, 1.54) is 11.3 Å². The van der Waals surface area contributed by atoms with Gasteiger partial charge >= 0.3 is 5.97 Å². The fraction of sp³-hybridized carbons (Fsp3) is 0.600. The molecule has 1 heterocycles. The number of carbonyl (C=O) groups is 2. The van der Waals surface area contributed by atoms with Gasteiger partial charge in [-0.05, 0) is 36.8 Å². The molecular formula is C15H21NO3S. The highest BCUT2D eigenvalue weighted by Crippen LogP contribution is 2.37. The van der Waals surface area contributed by atoms with Crippen LogP contribution in [0.4, 0.5) is 0 Å². The highest BCUT2D eigenvalue weighted by molar-refractivity contribution is 7.12. The molecule has 4 nitrogen and oxygen atoms in total. The maximum absolute atomic E-state index is 12.7. The zero-order valence-electron chi connectivity index (χ0n) is 12.0. The summed E-state index contributed by atoms with van der Waals surface area (Å²) in [6, 6.07) is 1.93. The largest absolute Gasteiger partial charge is 0.481 e. The van der Waals surface area contributed by atoms with Crippen molar-refractivity contribution < 1.29 is 14.7 Å².